The topological polar surface area (TPSA) is 77.7 Å². The van der Waals surface area contributed by atoms with Gasteiger partial charge in [0.1, 0.15) is 18.0 Å². The van der Waals surface area contributed by atoms with Crippen LogP contribution >= 0.6 is 11.6 Å². The van der Waals surface area contributed by atoms with Crippen LogP contribution in [0.15, 0.2) is 47.0 Å². The summed E-state index contributed by atoms with van der Waals surface area (Å²) in [5, 5.41) is 4.61. The van der Waals surface area contributed by atoms with Crippen molar-refractivity contribution in [2.45, 2.75) is 13.5 Å². The second-order valence-electron chi connectivity index (χ2n) is 5.90. The van der Waals surface area contributed by atoms with Crippen molar-refractivity contribution in [2.24, 2.45) is 0 Å². The number of carbonyl (C=O) groups is 1. The van der Waals surface area contributed by atoms with Crippen molar-refractivity contribution in [1.82, 2.24) is 15.0 Å². The molecule has 0 saturated heterocycles. The van der Waals surface area contributed by atoms with Gasteiger partial charge in [0.15, 0.2) is 0 Å². The smallest absolute Gasteiger partial charge is 0.258 e. The largest absolute Gasteiger partial charge is 0.497 e. The van der Waals surface area contributed by atoms with Gasteiger partial charge in [0.05, 0.1) is 19.8 Å². The zero-order valence-corrected chi connectivity index (χ0v) is 16.6. The predicted molar refractivity (Wildman–Crippen MR) is 105 cm³/mol. The van der Waals surface area contributed by atoms with Crippen molar-refractivity contribution in [3.8, 4) is 22.9 Å². The standard InChI is InChI=1S/C20H20ClN3O4/c1-4-24(20(25)16-10-9-15(26-2)11-17(16)27-3)12-18-22-19(23-28-18)13-5-7-14(21)8-6-13/h5-11H,4,12H2,1-3H3. The molecule has 0 aliphatic rings. The first-order chi connectivity index (χ1) is 13.5. The Morgan fingerprint density at radius 3 is 2.54 bits per heavy atom. The number of nitrogens with zero attached hydrogens (tertiary/aromatic N) is 3. The lowest BCUT2D eigenvalue weighted by Crippen LogP contribution is -2.30. The first-order valence-corrected chi connectivity index (χ1v) is 9.03. The van der Waals surface area contributed by atoms with E-state index in [2.05, 4.69) is 10.1 Å². The lowest BCUT2D eigenvalue weighted by atomic mass is 10.1. The molecule has 2 aromatic carbocycles. The van der Waals surface area contributed by atoms with E-state index < -0.39 is 0 Å². The van der Waals surface area contributed by atoms with Gasteiger partial charge in [-0.3, -0.25) is 4.79 Å². The Kier molecular flexibility index (Phi) is 6.16. The van der Waals surface area contributed by atoms with E-state index in [1.54, 1.807) is 42.3 Å². The maximum Gasteiger partial charge on any atom is 0.258 e. The number of aromatic nitrogens is 2. The van der Waals surface area contributed by atoms with Gasteiger partial charge in [-0.1, -0.05) is 16.8 Å². The van der Waals surface area contributed by atoms with Gasteiger partial charge in [-0.05, 0) is 43.3 Å². The van der Waals surface area contributed by atoms with Crippen LogP contribution in [0.4, 0.5) is 0 Å². The molecular formula is C20H20ClN3O4. The fourth-order valence-corrected chi connectivity index (χ4v) is 2.80. The zero-order valence-electron chi connectivity index (χ0n) is 15.8. The van der Waals surface area contributed by atoms with Crippen molar-refractivity contribution in [1.29, 1.82) is 0 Å². The van der Waals surface area contributed by atoms with Crippen molar-refractivity contribution < 1.29 is 18.8 Å². The molecule has 146 valence electrons. The second kappa shape index (κ2) is 8.75. The van der Waals surface area contributed by atoms with Crippen LogP contribution < -0.4 is 9.47 Å². The summed E-state index contributed by atoms with van der Waals surface area (Å²) in [4.78, 5) is 19.0. The molecule has 0 aliphatic heterocycles. The number of carbonyl (C=O) groups excluding carboxylic acids is 1. The van der Waals surface area contributed by atoms with E-state index in [0.29, 0.717) is 40.3 Å². The molecule has 0 aliphatic carbocycles. The summed E-state index contributed by atoms with van der Waals surface area (Å²) in [5.41, 5.74) is 1.22. The minimum absolute atomic E-state index is 0.186. The lowest BCUT2D eigenvalue weighted by molar-refractivity contribution is 0.0731. The number of hydrogen-bond donors (Lipinski definition) is 0. The maximum atomic E-state index is 13.0. The molecule has 0 radical (unpaired) electrons. The van der Waals surface area contributed by atoms with Crippen LogP contribution in [-0.2, 0) is 6.54 Å². The third kappa shape index (κ3) is 4.26. The van der Waals surface area contributed by atoms with Crippen LogP contribution in [0, 0.1) is 0 Å². The highest BCUT2D eigenvalue weighted by molar-refractivity contribution is 6.30. The number of hydrogen-bond acceptors (Lipinski definition) is 6. The summed E-state index contributed by atoms with van der Waals surface area (Å²) in [6.07, 6.45) is 0. The van der Waals surface area contributed by atoms with E-state index in [1.165, 1.54) is 7.11 Å². The number of halogens is 1. The number of amides is 1. The molecule has 28 heavy (non-hydrogen) atoms. The Morgan fingerprint density at radius 1 is 1.14 bits per heavy atom. The maximum absolute atomic E-state index is 13.0. The van der Waals surface area contributed by atoms with Gasteiger partial charge in [0, 0.05) is 23.2 Å². The normalized spacial score (nSPS) is 10.6. The quantitative estimate of drug-likeness (QED) is 0.593. The van der Waals surface area contributed by atoms with Crippen molar-refractivity contribution in [3.63, 3.8) is 0 Å². The van der Waals surface area contributed by atoms with Gasteiger partial charge in [0.2, 0.25) is 11.7 Å². The molecule has 0 N–H and O–H groups in total. The van der Waals surface area contributed by atoms with Crippen molar-refractivity contribution >= 4 is 17.5 Å². The van der Waals surface area contributed by atoms with Gasteiger partial charge in [-0.2, -0.15) is 4.98 Å². The number of benzene rings is 2. The number of ether oxygens (including phenoxy) is 2. The molecule has 0 saturated carbocycles. The van der Waals surface area contributed by atoms with E-state index in [9.17, 15) is 4.79 Å². The van der Waals surface area contributed by atoms with Crippen LogP contribution in [0.3, 0.4) is 0 Å². The van der Waals surface area contributed by atoms with Crippen LogP contribution in [0.2, 0.25) is 5.02 Å². The molecule has 1 aromatic heterocycles. The fraction of sp³-hybridized carbons (Fsp3) is 0.250. The van der Waals surface area contributed by atoms with Crippen LogP contribution in [-0.4, -0.2) is 41.7 Å². The summed E-state index contributed by atoms with van der Waals surface area (Å²) in [6.45, 7) is 2.53. The molecular weight excluding hydrogens is 382 g/mol. The van der Waals surface area contributed by atoms with E-state index in [-0.39, 0.29) is 12.5 Å². The molecule has 7 nitrogen and oxygen atoms in total. The predicted octanol–water partition coefficient (Wildman–Crippen LogP) is 4.07. The van der Waals surface area contributed by atoms with E-state index >= 15 is 0 Å². The summed E-state index contributed by atoms with van der Waals surface area (Å²) < 4.78 is 15.8. The third-order valence-electron chi connectivity index (χ3n) is 4.20. The molecule has 0 bridgehead atoms. The third-order valence-corrected chi connectivity index (χ3v) is 4.46. The monoisotopic (exact) mass is 401 g/mol. The van der Waals surface area contributed by atoms with E-state index in [4.69, 9.17) is 25.6 Å². The first-order valence-electron chi connectivity index (χ1n) is 8.65. The minimum atomic E-state index is -0.201. The molecule has 3 rings (SSSR count). The zero-order chi connectivity index (χ0) is 20.1. The molecule has 0 unspecified atom stereocenters. The Labute approximate surface area is 167 Å². The highest BCUT2D eigenvalue weighted by Crippen LogP contribution is 2.26. The van der Waals surface area contributed by atoms with Gasteiger partial charge in [0.25, 0.3) is 5.91 Å². The van der Waals surface area contributed by atoms with Gasteiger partial charge in [-0.15, -0.1) is 0 Å². The van der Waals surface area contributed by atoms with Gasteiger partial charge >= 0.3 is 0 Å². The average Bonchev–Trinajstić information content (AvgIpc) is 3.20. The highest BCUT2D eigenvalue weighted by atomic mass is 35.5. The summed E-state index contributed by atoms with van der Waals surface area (Å²) in [7, 11) is 3.07. The van der Waals surface area contributed by atoms with Gasteiger partial charge in [-0.25, -0.2) is 0 Å². The second-order valence-corrected chi connectivity index (χ2v) is 6.34. The summed E-state index contributed by atoms with van der Waals surface area (Å²) in [6, 6.07) is 12.2. The minimum Gasteiger partial charge on any atom is -0.497 e. The number of methoxy groups -OCH3 is 2. The van der Waals surface area contributed by atoms with E-state index in [1.807, 2.05) is 19.1 Å². The van der Waals surface area contributed by atoms with Crippen LogP contribution in [0.1, 0.15) is 23.2 Å². The van der Waals surface area contributed by atoms with Crippen molar-refractivity contribution in [3.05, 3.63) is 58.9 Å². The molecule has 1 heterocycles. The Hall–Kier alpha value is -3.06. The Morgan fingerprint density at radius 2 is 1.89 bits per heavy atom. The molecule has 0 atom stereocenters. The SMILES string of the molecule is CCN(Cc1nc(-c2ccc(Cl)cc2)no1)C(=O)c1ccc(OC)cc1OC. The average molecular weight is 402 g/mol. The molecule has 3 aromatic rings. The number of rotatable bonds is 7. The Balaban J connectivity index is 1.79. The van der Waals surface area contributed by atoms with Crippen LogP contribution in [0.25, 0.3) is 11.4 Å². The highest BCUT2D eigenvalue weighted by Gasteiger charge is 2.21. The fourth-order valence-electron chi connectivity index (χ4n) is 2.67. The van der Waals surface area contributed by atoms with Crippen molar-refractivity contribution in [2.75, 3.05) is 20.8 Å². The summed E-state index contributed by atoms with van der Waals surface area (Å²) >= 11 is 5.90. The summed E-state index contributed by atoms with van der Waals surface area (Å²) in [5.74, 6) is 1.63. The van der Waals surface area contributed by atoms with Gasteiger partial charge < -0.3 is 18.9 Å². The molecule has 1 amide bonds. The lowest BCUT2D eigenvalue weighted by Gasteiger charge is -2.20. The van der Waals surface area contributed by atoms with Crippen LogP contribution in [0.5, 0.6) is 11.5 Å². The molecule has 0 fully saturated rings. The molecule has 8 heteroatoms. The first kappa shape index (κ1) is 19.7. The Bertz CT molecular complexity index is 956. The molecule has 0 spiro atoms. The van der Waals surface area contributed by atoms with E-state index in [0.717, 1.165) is 5.56 Å².